The van der Waals surface area contributed by atoms with E-state index in [9.17, 15) is 4.79 Å². The van der Waals surface area contributed by atoms with Crippen molar-refractivity contribution in [3.63, 3.8) is 0 Å². The number of likely N-dealkylation sites (N-methyl/N-ethyl adjacent to an activating group) is 1. The molecule has 1 atom stereocenters. The van der Waals surface area contributed by atoms with Gasteiger partial charge in [0.15, 0.2) is 0 Å². The van der Waals surface area contributed by atoms with Gasteiger partial charge in [0.1, 0.15) is 0 Å². The lowest BCUT2D eigenvalue weighted by molar-refractivity contribution is -0.126. The Hall–Kier alpha value is -0.610. The van der Waals surface area contributed by atoms with E-state index in [0.717, 1.165) is 32.4 Å². The van der Waals surface area contributed by atoms with Crippen LogP contribution in [0.15, 0.2) is 0 Å². The standard InChI is InChI=1S/C13H26N2O2/c1-11(15(2)9-6-10-17-3)13(16)14-12-7-4-5-8-12/h11-12H,4-10H2,1-3H3,(H,14,16). The maximum absolute atomic E-state index is 12.0. The number of carbonyl (C=O) groups is 1. The molecule has 1 unspecified atom stereocenters. The summed E-state index contributed by atoms with van der Waals surface area (Å²) in [7, 11) is 3.70. The molecule has 1 amide bonds. The maximum Gasteiger partial charge on any atom is 0.237 e. The van der Waals surface area contributed by atoms with Gasteiger partial charge in [-0.2, -0.15) is 0 Å². The fourth-order valence-electron chi connectivity index (χ4n) is 2.24. The van der Waals surface area contributed by atoms with E-state index in [4.69, 9.17) is 4.74 Å². The van der Waals surface area contributed by atoms with Gasteiger partial charge in [-0.3, -0.25) is 9.69 Å². The zero-order chi connectivity index (χ0) is 12.7. The zero-order valence-electron chi connectivity index (χ0n) is 11.4. The summed E-state index contributed by atoms with van der Waals surface area (Å²) < 4.78 is 5.01. The van der Waals surface area contributed by atoms with Crippen molar-refractivity contribution in [3.05, 3.63) is 0 Å². The zero-order valence-corrected chi connectivity index (χ0v) is 11.4. The van der Waals surface area contributed by atoms with Crippen molar-refractivity contribution in [1.82, 2.24) is 10.2 Å². The molecule has 1 aliphatic rings. The highest BCUT2D eigenvalue weighted by atomic mass is 16.5. The SMILES string of the molecule is COCCCN(C)C(C)C(=O)NC1CCCC1. The Kier molecular flexibility index (Phi) is 6.52. The van der Waals surface area contributed by atoms with Crippen molar-refractivity contribution in [2.24, 2.45) is 0 Å². The number of ether oxygens (including phenoxy) is 1. The highest BCUT2D eigenvalue weighted by Crippen LogP contribution is 2.17. The first kappa shape index (κ1) is 14.5. The Bertz CT molecular complexity index is 227. The van der Waals surface area contributed by atoms with Crippen LogP contribution in [0.4, 0.5) is 0 Å². The molecule has 17 heavy (non-hydrogen) atoms. The molecule has 0 bridgehead atoms. The molecule has 0 aliphatic heterocycles. The number of carbonyl (C=O) groups excluding carboxylic acids is 1. The van der Waals surface area contributed by atoms with Crippen molar-refractivity contribution in [2.75, 3.05) is 27.3 Å². The van der Waals surface area contributed by atoms with Gasteiger partial charge >= 0.3 is 0 Å². The summed E-state index contributed by atoms with van der Waals surface area (Å²) in [5.41, 5.74) is 0. The number of nitrogens with zero attached hydrogens (tertiary/aromatic N) is 1. The van der Waals surface area contributed by atoms with Crippen LogP contribution in [0.1, 0.15) is 39.0 Å². The van der Waals surface area contributed by atoms with E-state index in [2.05, 4.69) is 10.2 Å². The van der Waals surface area contributed by atoms with Gasteiger partial charge in [-0.25, -0.2) is 0 Å². The van der Waals surface area contributed by atoms with Crippen LogP contribution in [0, 0.1) is 0 Å². The third-order valence-electron chi connectivity index (χ3n) is 3.60. The lowest BCUT2D eigenvalue weighted by Gasteiger charge is -2.25. The van der Waals surface area contributed by atoms with E-state index < -0.39 is 0 Å². The van der Waals surface area contributed by atoms with Gasteiger partial charge in [0.05, 0.1) is 6.04 Å². The molecule has 0 radical (unpaired) electrons. The summed E-state index contributed by atoms with van der Waals surface area (Å²) in [6, 6.07) is 0.366. The minimum atomic E-state index is -0.0487. The van der Waals surface area contributed by atoms with Gasteiger partial charge in [0, 0.05) is 26.3 Å². The van der Waals surface area contributed by atoms with Crippen LogP contribution in [-0.4, -0.2) is 50.2 Å². The van der Waals surface area contributed by atoms with E-state index in [1.807, 2.05) is 14.0 Å². The molecule has 1 saturated carbocycles. The highest BCUT2D eigenvalue weighted by Gasteiger charge is 2.22. The summed E-state index contributed by atoms with van der Waals surface area (Å²) in [5, 5.41) is 3.14. The maximum atomic E-state index is 12.0. The van der Waals surface area contributed by atoms with Crippen LogP contribution in [0.3, 0.4) is 0 Å². The number of methoxy groups -OCH3 is 1. The van der Waals surface area contributed by atoms with E-state index in [0.29, 0.717) is 6.04 Å². The third kappa shape index (κ3) is 5.04. The molecule has 0 heterocycles. The minimum Gasteiger partial charge on any atom is -0.385 e. The van der Waals surface area contributed by atoms with Gasteiger partial charge in [-0.1, -0.05) is 12.8 Å². The number of amides is 1. The fraction of sp³-hybridized carbons (Fsp3) is 0.923. The molecule has 1 rings (SSSR count). The molecule has 1 N–H and O–H groups in total. The largest absolute Gasteiger partial charge is 0.385 e. The first-order chi connectivity index (χ1) is 8.15. The van der Waals surface area contributed by atoms with Gasteiger partial charge < -0.3 is 10.1 Å². The molecular weight excluding hydrogens is 216 g/mol. The monoisotopic (exact) mass is 242 g/mol. The quantitative estimate of drug-likeness (QED) is 0.686. The van der Waals surface area contributed by atoms with E-state index >= 15 is 0 Å². The molecular formula is C13H26N2O2. The third-order valence-corrected chi connectivity index (χ3v) is 3.60. The highest BCUT2D eigenvalue weighted by molar-refractivity contribution is 5.81. The van der Waals surface area contributed by atoms with E-state index in [1.165, 1.54) is 12.8 Å². The smallest absolute Gasteiger partial charge is 0.237 e. The first-order valence-corrected chi connectivity index (χ1v) is 6.64. The number of hydrogen-bond acceptors (Lipinski definition) is 3. The normalized spacial score (nSPS) is 18.6. The average molecular weight is 242 g/mol. The van der Waals surface area contributed by atoms with Gasteiger partial charge in [0.2, 0.25) is 5.91 Å². The first-order valence-electron chi connectivity index (χ1n) is 6.64. The van der Waals surface area contributed by atoms with Gasteiger partial charge in [-0.15, -0.1) is 0 Å². The van der Waals surface area contributed by atoms with E-state index in [1.54, 1.807) is 7.11 Å². The summed E-state index contributed by atoms with van der Waals surface area (Å²) in [6.45, 7) is 3.62. The van der Waals surface area contributed by atoms with Crippen molar-refractivity contribution in [3.8, 4) is 0 Å². The van der Waals surface area contributed by atoms with Crippen molar-refractivity contribution < 1.29 is 9.53 Å². The predicted molar refractivity (Wildman–Crippen MR) is 69.0 cm³/mol. The summed E-state index contributed by atoms with van der Waals surface area (Å²) in [4.78, 5) is 14.1. The second kappa shape index (κ2) is 7.67. The van der Waals surface area contributed by atoms with Crippen molar-refractivity contribution in [1.29, 1.82) is 0 Å². The molecule has 0 spiro atoms. The van der Waals surface area contributed by atoms with E-state index in [-0.39, 0.29) is 11.9 Å². The average Bonchev–Trinajstić information content (AvgIpc) is 2.81. The Balaban J connectivity index is 2.24. The van der Waals surface area contributed by atoms with Crippen LogP contribution in [0.25, 0.3) is 0 Å². The van der Waals surface area contributed by atoms with Crippen LogP contribution < -0.4 is 5.32 Å². The molecule has 1 fully saturated rings. The number of hydrogen-bond donors (Lipinski definition) is 1. The van der Waals surface area contributed by atoms with Gasteiger partial charge in [0.25, 0.3) is 0 Å². The van der Waals surface area contributed by atoms with Gasteiger partial charge in [-0.05, 0) is 33.2 Å². The van der Waals surface area contributed by atoms with Crippen LogP contribution in [0.2, 0.25) is 0 Å². The molecule has 0 aromatic rings. The lowest BCUT2D eigenvalue weighted by atomic mass is 10.2. The van der Waals surface area contributed by atoms with Crippen LogP contribution in [0.5, 0.6) is 0 Å². The molecule has 0 saturated heterocycles. The van der Waals surface area contributed by atoms with Crippen LogP contribution in [-0.2, 0) is 9.53 Å². The minimum absolute atomic E-state index is 0.0487. The molecule has 0 aromatic heterocycles. The lowest BCUT2D eigenvalue weighted by Crippen LogP contribution is -2.46. The molecule has 100 valence electrons. The number of nitrogens with one attached hydrogen (secondary N) is 1. The molecule has 0 aromatic carbocycles. The predicted octanol–water partition coefficient (Wildman–Crippen LogP) is 1.40. The molecule has 4 heteroatoms. The molecule has 4 nitrogen and oxygen atoms in total. The second-order valence-corrected chi connectivity index (χ2v) is 4.99. The van der Waals surface area contributed by atoms with Crippen molar-refractivity contribution >= 4 is 5.91 Å². The topological polar surface area (TPSA) is 41.6 Å². The summed E-state index contributed by atoms with van der Waals surface area (Å²) in [5.74, 6) is 0.164. The van der Waals surface area contributed by atoms with Crippen molar-refractivity contribution in [2.45, 2.75) is 51.1 Å². The summed E-state index contributed by atoms with van der Waals surface area (Å²) in [6.07, 6.45) is 5.76. The van der Waals surface area contributed by atoms with Crippen LogP contribution >= 0.6 is 0 Å². The Morgan fingerprint density at radius 3 is 2.71 bits per heavy atom. The Morgan fingerprint density at radius 2 is 2.12 bits per heavy atom. The fourth-order valence-corrected chi connectivity index (χ4v) is 2.24. The second-order valence-electron chi connectivity index (χ2n) is 4.99. The summed E-state index contributed by atoms with van der Waals surface area (Å²) >= 11 is 0. The molecule has 1 aliphatic carbocycles. The Labute approximate surface area is 105 Å². The Morgan fingerprint density at radius 1 is 1.47 bits per heavy atom. The number of rotatable bonds is 7.